The Kier molecular flexibility index (Phi) is 8.34. The van der Waals surface area contributed by atoms with Gasteiger partial charge in [0.15, 0.2) is 11.5 Å². The standard InChI is InChI=1S/C26H34BrN3O4/c1-17(29-8-12-33-23-6-3-20(27)16-24(23)34-21-4-5-21)13-18-14-19-7-10-30(9-2-11-31)25(19)22(15-18)26(28)32/h3,6,14-17,21,29,31H,2,4-5,7-13H2,1H3,(H2,28,32). The van der Waals surface area contributed by atoms with Crippen molar-refractivity contribution in [2.45, 2.75) is 51.2 Å². The first-order chi connectivity index (χ1) is 16.4. The zero-order valence-electron chi connectivity index (χ0n) is 19.7. The second-order valence-corrected chi connectivity index (χ2v) is 10.1. The molecular weight excluding hydrogens is 498 g/mol. The number of hydrogen-bond donors (Lipinski definition) is 3. The summed E-state index contributed by atoms with van der Waals surface area (Å²) in [6, 6.07) is 10.2. The van der Waals surface area contributed by atoms with Crippen LogP contribution in [0.3, 0.4) is 0 Å². The topological polar surface area (TPSA) is 97.1 Å². The van der Waals surface area contributed by atoms with Crippen LogP contribution in [0.2, 0.25) is 0 Å². The molecular formula is C26H34BrN3O4. The maximum absolute atomic E-state index is 12.2. The lowest BCUT2D eigenvalue weighted by atomic mass is 9.98. The van der Waals surface area contributed by atoms with Gasteiger partial charge in [0.2, 0.25) is 0 Å². The van der Waals surface area contributed by atoms with E-state index in [4.69, 9.17) is 20.3 Å². The van der Waals surface area contributed by atoms with Crippen LogP contribution < -0.4 is 25.4 Å². The molecule has 0 bridgehead atoms. The van der Waals surface area contributed by atoms with Gasteiger partial charge in [0, 0.05) is 36.8 Å². The number of ether oxygens (including phenoxy) is 2. The number of aliphatic hydroxyl groups excluding tert-OH is 1. The molecule has 0 saturated heterocycles. The van der Waals surface area contributed by atoms with Crippen molar-refractivity contribution in [1.29, 1.82) is 0 Å². The number of nitrogens with two attached hydrogens (primary N) is 1. The molecule has 8 heteroatoms. The second kappa shape index (κ2) is 11.4. The maximum atomic E-state index is 12.2. The van der Waals surface area contributed by atoms with Crippen LogP contribution in [0.1, 0.15) is 47.7 Å². The minimum Gasteiger partial charge on any atom is -0.488 e. The van der Waals surface area contributed by atoms with E-state index in [0.29, 0.717) is 31.2 Å². The van der Waals surface area contributed by atoms with Crippen molar-refractivity contribution in [3.8, 4) is 11.5 Å². The van der Waals surface area contributed by atoms with Crippen molar-refractivity contribution in [2.24, 2.45) is 5.73 Å². The van der Waals surface area contributed by atoms with Crippen LogP contribution in [0.5, 0.6) is 11.5 Å². The summed E-state index contributed by atoms with van der Waals surface area (Å²) in [5.41, 5.74) is 9.52. The highest BCUT2D eigenvalue weighted by molar-refractivity contribution is 9.10. The van der Waals surface area contributed by atoms with Gasteiger partial charge in [-0.15, -0.1) is 0 Å². The predicted molar refractivity (Wildman–Crippen MR) is 137 cm³/mol. The lowest BCUT2D eigenvalue weighted by molar-refractivity contribution is 0.100. The monoisotopic (exact) mass is 531 g/mol. The molecule has 4 N–H and O–H groups in total. The number of anilines is 1. The molecule has 0 radical (unpaired) electrons. The molecule has 1 unspecified atom stereocenters. The van der Waals surface area contributed by atoms with Crippen LogP contribution in [0.4, 0.5) is 5.69 Å². The number of fused-ring (bicyclic) bond motifs is 1. The average molecular weight is 532 g/mol. The van der Waals surface area contributed by atoms with Crippen molar-refractivity contribution in [3.05, 3.63) is 51.5 Å². The van der Waals surface area contributed by atoms with E-state index in [0.717, 1.165) is 66.0 Å². The third kappa shape index (κ3) is 6.43. The Hall–Kier alpha value is -2.29. The molecule has 2 aromatic carbocycles. The Morgan fingerprint density at radius 2 is 2.12 bits per heavy atom. The van der Waals surface area contributed by atoms with E-state index in [1.165, 1.54) is 5.56 Å². The van der Waals surface area contributed by atoms with Gasteiger partial charge in [-0.05, 0) is 74.4 Å². The number of hydrogen-bond acceptors (Lipinski definition) is 6. The van der Waals surface area contributed by atoms with Crippen LogP contribution in [0, 0.1) is 0 Å². The molecule has 0 spiro atoms. The Balaban J connectivity index is 1.31. The fourth-order valence-electron chi connectivity index (χ4n) is 4.43. The van der Waals surface area contributed by atoms with Gasteiger partial charge in [-0.3, -0.25) is 4.79 Å². The molecule has 1 fully saturated rings. The van der Waals surface area contributed by atoms with Crippen molar-refractivity contribution in [2.75, 3.05) is 37.7 Å². The van der Waals surface area contributed by atoms with Gasteiger partial charge in [-0.2, -0.15) is 0 Å². The number of rotatable bonds is 13. The molecule has 1 aliphatic heterocycles. The smallest absolute Gasteiger partial charge is 0.250 e. The number of nitrogens with zero attached hydrogens (tertiary/aromatic N) is 1. The molecule has 0 aromatic heterocycles. The van der Waals surface area contributed by atoms with Crippen molar-refractivity contribution < 1.29 is 19.4 Å². The first-order valence-electron chi connectivity index (χ1n) is 12.1. The lowest BCUT2D eigenvalue weighted by Crippen LogP contribution is -2.32. The number of carbonyl (C=O) groups is 1. The van der Waals surface area contributed by atoms with Crippen LogP contribution in [0.15, 0.2) is 34.8 Å². The summed E-state index contributed by atoms with van der Waals surface area (Å²) in [4.78, 5) is 14.3. The van der Waals surface area contributed by atoms with E-state index in [9.17, 15) is 4.79 Å². The average Bonchev–Trinajstić information content (AvgIpc) is 3.53. The number of benzene rings is 2. The third-order valence-electron chi connectivity index (χ3n) is 6.19. The van der Waals surface area contributed by atoms with Crippen LogP contribution >= 0.6 is 15.9 Å². The number of amides is 1. The molecule has 2 aliphatic rings. The Labute approximate surface area is 209 Å². The lowest BCUT2D eigenvalue weighted by Gasteiger charge is -2.22. The fourth-order valence-corrected chi connectivity index (χ4v) is 4.77. The zero-order chi connectivity index (χ0) is 24.1. The highest BCUT2D eigenvalue weighted by Crippen LogP contribution is 2.36. The second-order valence-electron chi connectivity index (χ2n) is 9.15. The van der Waals surface area contributed by atoms with Gasteiger partial charge in [0.1, 0.15) is 6.61 Å². The SMILES string of the molecule is CC(Cc1cc2c(c(C(N)=O)c1)N(CCCO)CC2)NCCOc1ccc(Br)cc1OC1CC1. The molecule has 1 amide bonds. The first kappa shape index (κ1) is 24.8. The van der Waals surface area contributed by atoms with Gasteiger partial charge < -0.3 is 30.5 Å². The van der Waals surface area contributed by atoms with E-state index in [1.54, 1.807) is 0 Å². The van der Waals surface area contributed by atoms with Crippen molar-refractivity contribution >= 4 is 27.5 Å². The zero-order valence-corrected chi connectivity index (χ0v) is 21.3. The normalized spacial score (nSPS) is 15.8. The van der Waals surface area contributed by atoms with E-state index in [-0.39, 0.29) is 12.6 Å². The molecule has 2 aromatic rings. The molecule has 184 valence electrons. The van der Waals surface area contributed by atoms with Gasteiger partial charge in [0.25, 0.3) is 5.91 Å². The van der Waals surface area contributed by atoms with Gasteiger partial charge in [-0.1, -0.05) is 22.0 Å². The van der Waals surface area contributed by atoms with Crippen LogP contribution in [-0.2, 0) is 12.8 Å². The summed E-state index contributed by atoms with van der Waals surface area (Å²) >= 11 is 3.50. The third-order valence-corrected chi connectivity index (χ3v) is 6.68. The first-order valence-corrected chi connectivity index (χ1v) is 12.9. The minimum absolute atomic E-state index is 0.138. The van der Waals surface area contributed by atoms with Crippen molar-refractivity contribution in [1.82, 2.24) is 5.32 Å². The summed E-state index contributed by atoms with van der Waals surface area (Å²) in [6.07, 6.45) is 4.88. The summed E-state index contributed by atoms with van der Waals surface area (Å²) in [5, 5.41) is 12.7. The Bertz CT molecular complexity index is 1010. The Morgan fingerprint density at radius 3 is 2.85 bits per heavy atom. The van der Waals surface area contributed by atoms with E-state index < -0.39 is 5.91 Å². The fraction of sp³-hybridized carbons (Fsp3) is 0.500. The number of nitrogens with one attached hydrogen (secondary N) is 1. The van der Waals surface area contributed by atoms with Crippen LogP contribution in [-0.4, -0.2) is 56.0 Å². The van der Waals surface area contributed by atoms with Gasteiger partial charge in [0.05, 0.1) is 17.4 Å². The Morgan fingerprint density at radius 1 is 1.29 bits per heavy atom. The molecule has 1 aliphatic carbocycles. The minimum atomic E-state index is -0.401. The molecule has 1 heterocycles. The highest BCUT2D eigenvalue weighted by atomic mass is 79.9. The van der Waals surface area contributed by atoms with Gasteiger partial charge >= 0.3 is 0 Å². The molecule has 4 rings (SSSR count). The van der Waals surface area contributed by atoms with Crippen molar-refractivity contribution in [3.63, 3.8) is 0 Å². The summed E-state index contributed by atoms with van der Waals surface area (Å²) < 4.78 is 12.9. The van der Waals surface area contributed by atoms with Crippen LogP contribution in [0.25, 0.3) is 0 Å². The molecule has 7 nitrogen and oxygen atoms in total. The summed E-state index contributed by atoms with van der Waals surface area (Å²) in [5.74, 6) is 1.15. The summed E-state index contributed by atoms with van der Waals surface area (Å²) in [7, 11) is 0. The van der Waals surface area contributed by atoms with Gasteiger partial charge in [-0.25, -0.2) is 0 Å². The number of halogens is 1. The maximum Gasteiger partial charge on any atom is 0.250 e. The van der Waals surface area contributed by atoms with E-state index >= 15 is 0 Å². The largest absolute Gasteiger partial charge is 0.488 e. The number of carbonyl (C=O) groups excluding carboxylic acids is 1. The number of primary amides is 1. The number of aliphatic hydroxyl groups is 1. The van der Waals surface area contributed by atoms with E-state index in [1.807, 2.05) is 24.3 Å². The highest BCUT2D eigenvalue weighted by Gasteiger charge is 2.26. The molecule has 34 heavy (non-hydrogen) atoms. The molecule has 1 atom stereocenters. The summed E-state index contributed by atoms with van der Waals surface area (Å²) in [6.45, 7) is 5.08. The molecule has 1 saturated carbocycles. The predicted octanol–water partition coefficient (Wildman–Crippen LogP) is 3.43. The quantitative estimate of drug-likeness (QED) is 0.342. The van der Waals surface area contributed by atoms with E-state index in [2.05, 4.69) is 39.1 Å².